The number of nitrogens with one attached hydrogen (secondary N) is 2. The van der Waals surface area contributed by atoms with Crippen molar-refractivity contribution in [2.24, 2.45) is 0 Å². The van der Waals surface area contributed by atoms with Gasteiger partial charge in [0.1, 0.15) is 5.82 Å². The molecule has 1 aromatic heterocycles. The summed E-state index contributed by atoms with van der Waals surface area (Å²) >= 11 is 0. The van der Waals surface area contributed by atoms with Crippen molar-refractivity contribution in [1.82, 2.24) is 15.3 Å². The van der Waals surface area contributed by atoms with Gasteiger partial charge in [0.25, 0.3) is 0 Å². The molecule has 1 amide bonds. The van der Waals surface area contributed by atoms with Crippen LogP contribution >= 0.6 is 0 Å². The summed E-state index contributed by atoms with van der Waals surface area (Å²) in [5.41, 5.74) is 1.90. The summed E-state index contributed by atoms with van der Waals surface area (Å²) in [6.07, 6.45) is 2.90. The molecule has 0 aliphatic heterocycles. The maximum atomic E-state index is 11.6. The van der Waals surface area contributed by atoms with E-state index < -0.39 is 0 Å². The molecule has 2 rings (SSSR count). The van der Waals surface area contributed by atoms with E-state index in [0.717, 1.165) is 16.9 Å². The van der Waals surface area contributed by atoms with E-state index >= 15 is 0 Å². The second kappa shape index (κ2) is 5.49. The number of hydrogen-bond acceptors (Lipinski definition) is 2. The SMILES string of the molecule is C=CCCC(=O)NC(C)c1nc2ccccc2[nH]1. The Morgan fingerprint density at radius 1 is 1.56 bits per heavy atom. The van der Waals surface area contributed by atoms with Crippen LogP contribution < -0.4 is 5.32 Å². The van der Waals surface area contributed by atoms with E-state index in [1.807, 2.05) is 31.2 Å². The second-order valence-corrected chi connectivity index (χ2v) is 4.26. The second-order valence-electron chi connectivity index (χ2n) is 4.26. The Bertz CT molecular complexity index is 526. The van der Waals surface area contributed by atoms with Gasteiger partial charge in [-0.3, -0.25) is 4.79 Å². The molecular weight excluding hydrogens is 226 g/mol. The molecule has 0 aliphatic rings. The van der Waals surface area contributed by atoms with Crippen LogP contribution in [0, 0.1) is 0 Å². The van der Waals surface area contributed by atoms with E-state index in [2.05, 4.69) is 21.9 Å². The maximum absolute atomic E-state index is 11.6. The van der Waals surface area contributed by atoms with Crippen molar-refractivity contribution in [1.29, 1.82) is 0 Å². The lowest BCUT2D eigenvalue weighted by Gasteiger charge is -2.10. The molecule has 18 heavy (non-hydrogen) atoms. The highest BCUT2D eigenvalue weighted by molar-refractivity contribution is 5.77. The van der Waals surface area contributed by atoms with Gasteiger partial charge in [-0.05, 0) is 25.5 Å². The normalized spacial score (nSPS) is 12.3. The number of rotatable bonds is 5. The molecule has 4 nitrogen and oxygen atoms in total. The largest absolute Gasteiger partial charge is 0.346 e. The van der Waals surface area contributed by atoms with Crippen LogP contribution in [0.1, 0.15) is 31.6 Å². The van der Waals surface area contributed by atoms with E-state index in [9.17, 15) is 4.79 Å². The predicted octanol–water partition coefficient (Wildman–Crippen LogP) is 2.71. The summed E-state index contributed by atoms with van der Waals surface area (Å²) in [5, 5.41) is 2.91. The van der Waals surface area contributed by atoms with Crippen molar-refractivity contribution in [3.8, 4) is 0 Å². The van der Waals surface area contributed by atoms with E-state index in [-0.39, 0.29) is 11.9 Å². The Balaban J connectivity index is 2.06. The van der Waals surface area contributed by atoms with Crippen LogP contribution in [0.25, 0.3) is 11.0 Å². The first-order valence-corrected chi connectivity index (χ1v) is 6.05. The summed E-state index contributed by atoms with van der Waals surface area (Å²) in [5.74, 6) is 0.797. The number of nitrogens with zero attached hydrogens (tertiary/aromatic N) is 1. The molecule has 0 saturated carbocycles. The average molecular weight is 243 g/mol. The molecular formula is C14H17N3O. The zero-order valence-electron chi connectivity index (χ0n) is 10.4. The number of aromatic amines is 1. The van der Waals surface area contributed by atoms with Gasteiger partial charge < -0.3 is 10.3 Å². The molecule has 1 atom stereocenters. The van der Waals surface area contributed by atoms with Crippen molar-refractivity contribution in [3.63, 3.8) is 0 Å². The predicted molar refractivity (Wildman–Crippen MR) is 72.1 cm³/mol. The monoisotopic (exact) mass is 243 g/mol. The molecule has 1 aromatic carbocycles. The van der Waals surface area contributed by atoms with Crippen LogP contribution in [-0.2, 0) is 4.79 Å². The van der Waals surface area contributed by atoms with Crippen molar-refractivity contribution in [2.75, 3.05) is 0 Å². The molecule has 4 heteroatoms. The lowest BCUT2D eigenvalue weighted by atomic mass is 10.2. The fraction of sp³-hybridized carbons (Fsp3) is 0.286. The van der Waals surface area contributed by atoms with E-state index in [4.69, 9.17) is 0 Å². The van der Waals surface area contributed by atoms with Crippen molar-refractivity contribution in [3.05, 3.63) is 42.7 Å². The molecule has 0 aliphatic carbocycles. The molecule has 2 aromatic rings. The molecule has 0 fully saturated rings. The third-order valence-electron chi connectivity index (χ3n) is 2.77. The Labute approximate surface area is 106 Å². The van der Waals surface area contributed by atoms with Gasteiger partial charge in [-0.2, -0.15) is 0 Å². The number of hydrogen-bond donors (Lipinski definition) is 2. The van der Waals surface area contributed by atoms with Gasteiger partial charge in [0.2, 0.25) is 5.91 Å². The third kappa shape index (κ3) is 2.77. The number of H-pyrrole nitrogens is 1. The quantitative estimate of drug-likeness (QED) is 0.793. The van der Waals surface area contributed by atoms with Crippen LogP contribution in [-0.4, -0.2) is 15.9 Å². The van der Waals surface area contributed by atoms with Crippen LogP contribution in [0.15, 0.2) is 36.9 Å². The van der Waals surface area contributed by atoms with Crippen molar-refractivity contribution in [2.45, 2.75) is 25.8 Å². The maximum Gasteiger partial charge on any atom is 0.220 e. The van der Waals surface area contributed by atoms with Gasteiger partial charge in [-0.1, -0.05) is 18.2 Å². The number of aromatic nitrogens is 2. The number of carbonyl (C=O) groups is 1. The summed E-state index contributed by atoms with van der Waals surface area (Å²) in [6.45, 7) is 5.52. The minimum atomic E-state index is -0.116. The van der Waals surface area contributed by atoms with Gasteiger partial charge in [-0.15, -0.1) is 6.58 Å². The van der Waals surface area contributed by atoms with Crippen LogP contribution in [0.2, 0.25) is 0 Å². The van der Waals surface area contributed by atoms with Crippen LogP contribution in [0.5, 0.6) is 0 Å². The van der Waals surface area contributed by atoms with E-state index in [1.54, 1.807) is 6.08 Å². The zero-order chi connectivity index (χ0) is 13.0. The molecule has 94 valence electrons. The first-order chi connectivity index (χ1) is 8.70. The van der Waals surface area contributed by atoms with E-state index in [0.29, 0.717) is 12.8 Å². The lowest BCUT2D eigenvalue weighted by Crippen LogP contribution is -2.26. The van der Waals surface area contributed by atoms with Gasteiger partial charge >= 0.3 is 0 Å². The van der Waals surface area contributed by atoms with Crippen molar-refractivity contribution < 1.29 is 4.79 Å². The van der Waals surface area contributed by atoms with Gasteiger partial charge in [0.05, 0.1) is 17.1 Å². The number of imidazole rings is 1. The number of para-hydroxylation sites is 2. The minimum absolute atomic E-state index is 0.0165. The number of benzene rings is 1. The highest BCUT2D eigenvalue weighted by Crippen LogP contribution is 2.15. The first-order valence-electron chi connectivity index (χ1n) is 6.05. The third-order valence-corrected chi connectivity index (χ3v) is 2.77. The Morgan fingerprint density at radius 3 is 3.06 bits per heavy atom. The summed E-state index contributed by atoms with van der Waals surface area (Å²) in [6, 6.07) is 7.70. The number of fused-ring (bicyclic) bond motifs is 1. The number of amides is 1. The van der Waals surface area contributed by atoms with E-state index in [1.165, 1.54) is 0 Å². The smallest absolute Gasteiger partial charge is 0.220 e. The molecule has 0 saturated heterocycles. The fourth-order valence-electron chi connectivity index (χ4n) is 1.79. The number of carbonyl (C=O) groups excluding carboxylic acids is 1. The molecule has 2 N–H and O–H groups in total. The fourth-order valence-corrected chi connectivity index (χ4v) is 1.79. The highest BCUT2D eigenvalue weighted by Gasteiger charge is 2.12. The molecule has 1 unspecified atom stereocenters. The average Bonchev–Trinajstić information content (AvgIpc) is 2.80. The van der Waals surface area contributed by atoms with Crippen LogP contribution in [0.4, 0.5) is 0 Å². The standard InChI is InChI=1S/C14H17N3O/c1-3-4-9-13(18)15-10(2)14-16-11-7-5-6-8-12(11)17-14/h3,5-8,10H,1,4,9H2,2H3,(H,15,18)(H,16,17). The first kappa shape index (κ1) is 12.4. The highest BCUT2D eigenvalue weighted by atomic mass is 16.1. The Hall–Kier alpha value is -2.10. The zero-order valence-corrected chi connectivity index (χ0v) is 10.4. The van der Waals surface area contributed by atoms with Gasteiger partial charge in [0.15, 0.2) is 0 Å². The molecule has 0 radical (unpaired) electrons. The summed E-state index contributed by atoms with van der Waals surface area (Å²) < 4.78 is 0. The molecule has 0 spiro atoms. The lowest BCUT2D eigenvalue weighted by molar-refractivity contribution is -0.121. The van der Waals surface area contributed by atoms with Gasteiger partial charge in [-0.25, -0.2) is 4.98 Å². The summed E-state index contributed by atoms with van der Waals surface area (Å²) in [4.78, 5) is 19.3. The van der Waals surface area contributed by atoms with Crippen LogP contribution in [0.3, 0.4) is 0 Å². The van der Waals surface area contributed by atoms with Gasteiger partial charge in [0, 0.05) is 6.42 Å². The summed E-state index contributed by atoms with van der Waals surface area (Å²) in [7, 11) is 0. The molecule has 0 bridgehead atoms. The Morgan fingerprint density at radius 2 is 2.33 bits per heavy atom. The topological polar surface area (TPSA) is 57.8 Å². The number of allylic oxidation sites excluding steroid dienone is 1. The Kier molecular flexibility index (Phi) is 3.77. The molecule has 1 heterocycles. The van der Waals surface area contributed by atoms with Crippen molar-refractivity contribution >= 4 is 16.9 Å². The minimum Gasteiger partial charge on any atom is -0.346 e.